The third-order valence-corrected chi connectivity index (χ3v) is 3.32. The lowest BCUT2D eigenvalue weighted by Gasteiger charge is -2.25. The molecule has 2 rings (SSSR count). The maximum Gasteiger partial charge on any atom is 0.270 e. The van der Waals surface area contributed by atoms with Crippen LogP contribution in [0, 0.1) is 5.92 Å². The normalized spacial score (nSPS) is 15.5. The molecule has 4 heteroatoms. The highest BCUT2D eigenvalue weighted by Gasteiger charge is 2.38. The van der Waals surface area contributed by atoms with Crippen molar-refractivity contribution in [2.45, 2.75) is 32.2 Å². The van der Waals surface area contributed by atoms with Crippen LogP contribution in [-0.2, 0) is 0 Å². The minimum atomic E-state index is -0.125. The van der Waals surface area contributed by atoms with E-state index in [4.69, 9.17) is 0 Å². The Balaban J connectivity index is 2.03. The number of carbonyl (C=O) groups is 1. The molecule has 17 heavy (non-hydrogen) atoms. The summed E-state index contributed by atoms with van der Waals surface area (Å²) in [4.78, 5) is 16.1. The van der Waals surface area contributed by atoms with Gasteiger partial charge in [0.25, 0.3) is 5.91 Å². The average molecular weight is 233 g/mol. The predicted molar refractivity (Wildman–Crippen MR) is 68.1 cm³/mol. The van der Waals surface area contributed by atoms with Crippen molar-refractivity contribution in [2.24, 2.45) is 5.92 Å². The quantitative estimate of drug-likeness (QED) is 0.836. The molecule has 0 atom stereocenters. The van der Waals surface area contributed by atoms with E-state index in [-0.39, 0.29) is 11.4 Å². The van der Waals surface area contributed by atoms with Crippen molar-refractivity contribution in [3.63, 3.8) is 0 Å². The van der Waals surface area contributed by atoms with Gasteiger partial charge in [0.15, 0.2) is 0 Å². The summed E-state index contributed by atoms with van der Waals surface area (Å²) in [5.74, 6) is 0.521. The van der Waals surface area contributed by atoms with Crippen LogP contribution in [0.1, 0.15) is 37.2 Å². The fourth-order valence-electron chi connectivity index (χ4n) is 1.94. The fourth-order valence-corrected chi connectivity index (χ4v) is 1.94. The summed E-state index contributed by atoms with van der Waals surface area (Å²) in [6.07, 6.45) is 4.08. The molecule has 1 aliphatic rings. The number of aromatic nitrogens is 1. The van der Waals surface area contributed by atoms with Crippen LogP contribution in [0.4, 0.5) is 5.69 Å². The topological polar surface area (TPSA) is 54.0 Å². The third kappa shape index (κ3) is 2.75. The summed E-state index contributed by atoms with van der Waals surface area (Å²) in [5, 5.41) is 6.03. The molecule has 92 valence electrons. The lowest BCUT2D eigenvalue weighted by molar-refractivity contribution is 0.0898. The average Bonchev–Trinajstić information content (AvgIpc) is 3.12. The van der Waals surface area contributed by atoms with Gasteiger partial charge >= 0.3 is 0 Å². The molecule has 0 bridgehead atoms. The maximum atomic E-state index is 12.0. The smallest absolute Gasteiger partial charge is 0.270 e. The molecule has 2 N–H and O–H groups in total. The van der Waals surface area contributed by atoms with Crippen molar-refractivity contribution in [1.29, 1.82) is 0 Å². The summed E-state index contributed by atoms with van der Waals surface area (Å²) in [6, 6.07) is 3.59. The zero-order valence-electron chi connectivity index (χ0n) is 10.6. The van der Waals surface area contributed by atoms with Gasteiger partial charge in [0, 0.05) is 12.6 Å². The first-order valence-corrected chi connectivity index (χ1v) is 5.99. The van der Waals surface area contributed by atoms with Crippen LogP contribution in [0.15, 0.2) is 18.3 Å². The van der Waals surface area contributed by atoms with E-state index < -0.39 is 0 Å². The minimum absolute atomic E-state index is 0.0930. The second-order valence-corrected chi connectivity index (χ2v) is 5.13. The number of pyridine rings is 1. The van der Waals surface area contributed by atoms with Crippen molar-refractivity contribution in [3.05, 3.63) is 24.0 Å². The number of anilines is 1. The first-order chi connectivity index (χ1) is 8.03. The van der Waals surface area contributed by atoms with Crippen molar-refractivity contribution >= 4 is 11.6 Å². The fraction of sp³-hybridized carbons (Fsp3) is 0.538. The van der Waals surface area contributed by atoms with Crippen molar-refractivity contribution < 1.29 is 4.79 Å². The number of hydrogen-bond acceptors (Lipinski definition) is 3. The Bertz CT molecular complexity index is 407. The van der Waals surface area contributed by atoms with Crippen LogP contribution < -0.4 is 10.6 Å². The van der Waals surface area contributed by atoms with Crippen molar-refractivity contribution in [2.75, 3.05) is 12.4 Å². The number of carbonyl (C=O) groups excluding carboxylic acids is 1. The van der Waals surface area contributed by atoms with Crippen molar-refractivity contribution in [3.8, 4) is 0 Å². The van der Waals surface area contributed by atoms with Gasteiger partial charge in [-0.05, 0) is 44.7 Å². The molecule has 4 nitrogen and oxygen atoms in total. The summed E-state index contributed by atoms with van der Waals surface area (Å²) in [7, 11) is 1.83. The highest BCUT2D eigenvalue weighted by Crippen LogP contribution is 2.39. The number of nitrogens with one attached hydrogen (secondary N) is 2. The lowest BCUT2D eigenvalue weighted by atomic mass is 9.98. The highest BCUT2D eigenvalue weighted by atomic mass is 16.2. The highest BCUT2D eigenvalue weighted by molar-refractivity contribution is 5.93. The number of hydrogen-bond donors (Lipinski definition) is 2. The monoisotopic (exact) mass is 233 g/mol. The second-order valence-electron chi connectivity index (χ2n) is 5.13. The molecule has 0 aromatic carbocycles. The van der Waals surface area contributed by atoms with Crippen LogP contribution in [-0.4, -0.2) is 23.5 Å². The molecule has 0 spiro atoms. The zero-order chi connectivity index (χ0) is 12.5. The summed E-state index contributed by atoms with van der Waals surface area (Å²) < 4.78 is 0. The molecule has 0 aliphatic heterocycles. The minimum Gasteiger partial charge on any atom is -0.387 e. The van der Waals surface area contributed by atoms with Gasteiger partial charge in [-0.15, -0.1) is 0 Å². The van der Waals surface area contributed by atoms with Gasteiger partial charge in [-0.3, -0.25) is 4.79 Å². The summed E-state index contributed by atoms with van der Waals surface area (Å²) in [5.41, 5.74) is 1.25. The van der Waals surface area contributed by atoms with Crippen LogP contribution in [0.5, 0.6) is 0 Å². The molecule has 1 aromatic rings. The molecule has 0 unspecified atom stereocenters. The Kier molecular flexibility index (Phi) is 3.05. The Morgan fingerprint density at radius 2 is 2.12 bits per heavy atom. The largest absolute Gasteiger partial charge is 0.387 e. The number of amides is 1. The van der Waals surface area contributed by atoms with E-state index in [0.29, 0.717) is 11.6 Å². The van der Waals surface area contributed by atoms with E-state index >= 15 is 0 Å². The molecule has 1 fully saturated rings. The van der Waals surface area contributed by atoms with Gasteiger partial charge in [-0.25, -0.2) is 4.98 Å². The van der Waals surface area contributed by atoms with E-state index in [1.165, 1.54) is 12.8 Å². The molecule has 1 aromatic heterocycles. The molecule has 1 saturated carbocycles. The number of rotatable bonds is 4. The molecule has 1 amide bonds. The Morgan fingerprint density at radius 1 is 1.41 bits per heavy atom. The van der Waals surface area contributed by atoms with Crippen LogP contribution in [0.3, 0.4) is 0 Å². The molecule has 1 aliphatic carbocycles. The molecule has 0 saturated heterocycles. The van der Waals surface area contributed by atoms with E-state index in [1.54, 1.807) is 12.3 Å². The van der Waals surface area contributed by atoms with Crippen LogP contribution in [0.2, 0.25) is 0 Å². The first-order valence-electron chi connectivity index (χ1n) is 5.99. The molecule has 0 radical (unpaired) electrons. The van der Waals surface area contributed by atoms with Gasteiger partial charge in [0.05, 0.1) is 11.9 Å². The van der Waals surface area contributed by atoms with Gasteiger partial charge in [0.1, 0.15) is 5.69 Å². The standard InChI is InChI=1S/C13H19N3O/c1-13(2,9-4-5-9)16-12(17)11-7-6-10(14-3)8-15-11/h6-9,14H,4-5H2,1-3H3,(H,16,17). The van der Waals surface area contributed by atoms with Gasteiger partial charge in [-0.1, -0.05) is 0 Å². The van der Waals surface area contributed by atoms with Crippen LogP contribution >= 0.6 is 0 Å². The van der Waals surface area contributed by atoms with E-state index in [1.807, 2.05) is 13.1 Å². The Morgan fingerprint density at radius 3 is 2.59 bits per heavy atom. The summed E-state index contributed by atoms with van der Waals surface area (Å²) in [6.45, 7) is 4.15. The Labute approximate surface area is 102 Å². The molecular weight excluding hydrogens is 214 g/mol. The SMILES string of the molecule is CNc1ccc(C(=O)NC(C)(C)C2CC2)nc1. The van der Waals surface area contributed by atoms with E-state index in [0.717, 1.165) is 5.69 Å². The van der Waals surface area contributed by atoms with E-state index in [9.17, 15) is 4.79 Å². The lowest BCUT2D eigenvalue weighted by Crippen LogP contribution is -2.45. The number of nitrogens with zero attached hydrogens (tertiary/aromatic N) is 1. The van der Waals surface area contributed by atoms with Gasteiger partial charge in [0.2, 0.25) is 0 Å². The van der Waals surface area contributed by atoms with Crippen LogP contribution in [0.25, 0.3) is 0 Å². The van der Waals surface area contributed by atoms with E-state index in [2.05, 4.69) is 29.5 Å². The third-order valence-electron chi connectivity index (χ3n) is 3.32. The molecular formula is C13H19N3O. The summed E-state index contributed by atoms with van der Waals surface area (Å²) >= 11 is 0. The van der Waals surface area contributed by atoms with Crippen molar-refractivity contribution in [1.82, 2.24) is 10.3 Å². The Hall–Kier alpha value is -1.58. The van der Waals surface area contributed by atoms with Gasteiger partial charge < -0.3 is 10.6 Å². The second kappa shape index (κ2) is 4.35. The molecule has 1 heterocycles. The first kappa shape index (κ1) is 11.9. The maximum absolute atomic E-state index is 12.0. The van der Waals surface area contributed by atoms with Gasteiger partial charge in [-0.2, -0.15) is 0 Å². The predicted octanol–water partition coefficient (Wildman–Crippen LogP) is 2.04. The zero-order valence-corrected chi connectivity index (χ0v) is 10.6.